The van der Waals surface area contributed by atoms with Gasteiger partial charge in [0, 0.05) is 33.1 Å². The molecule has 0 aliphatic rings. The molecule has 0 aliphatic heterocycles. The van der Waals surface area contributed by atoms with E-state index in [1.807, 2.05) is 32.0 Å². The summed E-state index contributed by atoms with van der Waals surface area (Å²) in [4.78, 5) is 24.0. The Morgan fingerprint density at radius 3 is 2.52 bits per heavy atom. The molecule has 2 N–H and O–H groups in total. The van der Waals surface area contributed by atoms with Crippen molar-refractivity contribution in [2.24, 2.45) is 10.2 Å². The van der Waals surface area contributed by atoms with E-state index < -0.39 is 5.91 Å². The number of thioether (sulfide) groups is 1. The van der Waals surface area contributed by atoms with Crippen LogP contribution in [0.1, 0.15) is 27.3 Å². The molecule has 31 heavy (non-hydrogen) atoms. The Morgan fingerprint density at radius 1 is 1.10 bits per heavy atom. The summed E-state index contributed by atoms with van der Waals surface area (Å²) in [5.41, 5.74) is 4.13. The zero-order chi connectivity index (χ0) is 22.0. The molecule has 9 heteroatoms. The van der Waals surface area contributed by atoms with E-state index in [-0.39, 0.29) is 11.6 Å². The van der Waals surface area contributed by atoms with Gasteiger partial charge in [0.15, 0.2) is 10.8 Å². The number of halogens is 1. The number of carbonyl (C=O) groups is 1. The summed E-state index contributed by atoms with van der Waals surface area (Å²) in [6.07, 6.45) is 0. The van der Waals surface area contributed by atoms with Crippen LogP contribution in [0.2, 0.25) is 5.02 Å². The molecule has 156 valence electrons. The van der Waals surface area contributed by atoms with E-state index >= 15 is 0 Å². The highest BCUT2D eigenvalue weighted by atomic mass is 35.5. The van der Waals surface area contributed by atoms with Crippen LogP contribution in [0.15, 0.2) is 63.9 Å². The molecule has 0 aliphatic carbocycles. The summed E-state index contributed by atoms with van der Waals surface area (Å²) in [6.45, 7) is 3.89. The van der Waals surface area contributed by atoms with E-state index in [1.54, 1.807) is 30.3 Å². The van der Waals surface area contributed by atoms with Gasteiger partial charge < -0.3 is 10.1 Å². The molecule has 4 aromatic rings. The van der Waals surface area contributed by atoms with Crippen molar-refractivity contribution < 1.29 is 9.90 Å². The quantitative estimate of drug-likeness (QED) is 0.215. The van der Waals surface area contributed by atoms with Crippen LogP contribution in [0.4, 0.5) is 5.69 Å². The molecule has 1 amide bonds. The average Bonchev–Trinajstić information content (AvgIpc) is 3.04. The van der Waals surface area contributed by atoms with Crippen LogP contribution in [-0.2, 0) is 5.75 Å². The third kappa shape index (κ3) is 4.92. The lowest BCUT2D eigenvalue weighted by Crippen LogP contribution is -1.95. The summed E-state index contributed by atoms with van der Waals surface area (Å²) < 4.78 is 0. The molecule has 7 nitrogen and oxygen atoms in total. The minimum atomic E-state index is -0.507. The molecule has 0 radical (unpaired) electrons. The number of hydrogen-bond acceptors (Lipinski definition) is 6. The number of azo groups is 1. The predicted molar refractivity (Wildman–Crippen MR) is 121 cm³/mol. The van der Waals surface area contributed by atoms with Crippen molar-refractivity contribution in [2.75, 3.05) is 0 Å². The Morgan fingerprint density at radius 2 is 1.81 bits per heavy atom. The number of carbonyl (C=O) groups excluding carboxylic acids is 1. The maximum absolute atomic E-state index is 12.4. The number of nitrogens with one attached hydrogen (secondary N) is 1. The molecular weight excluding hydrogens is 434 g/mol. The Kier molecular flexibility index (Phi) is 6.01. The van der Waals surface area contributed by atoms with E-state index in [0.717, 1.165) is 22.1 Å². The van der Waals surface area contributed by atoms with Gasteiger partial charge in [-0.3, -0.25) is 4.79 Å². The van der Waals surface area contributed by atoms with Gasteiger partial charge in [-0.1, -0.05) is 35.5 Å². The van der Waals surface area contributed by atoms with Gasteiger partial charge in [-0.05, 0) is 55.8 Å². The lowest BCUT2D eigenvalue weighted by atomic mass is 10.1. The van der Waals surface area contributed by atoms with Crippen LogP contribution in [0.25, 0.3) is 10.9 Å². The number of fused-ring (bicyclic) bond motifs is 1. The summed E-state index contributed by atoms with van der Waals surface area (Å²) in [5, 5.41) is 19.6. The average molecular weight is 452 g/mol. The summed E-state index contributed by atoms with van der Waals surface area (Å²) in [6, 6.07) is 14.1. The standard InChI is InChI=1S/C22H18ClN5O2S/c1-12-9-13(2)25-22(24-12)31-11-14-3-5-15(6-4-14)20(29)28-27-19-17-10-16(23)7-8-18(17)26-21(19)30/h3-10,26,30H,11H2,1-2H3. The van der Waals surface area contributed by atoms with Crippen LogP contribution in [0.3, 0.4) is 0 Å². The zero-order valence-electron chi connectivity index (χ0n) is 16.8. The Bertz CT molecular complexity index is 1280. The molecule has 0 saturated heterocycles. The third-order valence-corrected chi connectivity index (χ3v) is 5.64. The molecule has 4 rings (SSSR count). The molecule has 0 bridgehead atoms. The van der Waals surface area contributed by atoms with Crippen LogP contribution in [0, 0.1) is 13.8 Å². The topological polar surface area (TPSA) is 104 Å². The fraction of sp³-hybridized carbons (Fsp3) is 0.136. The maximum atomic E-state index is 12.4. The highest BCUT2D eigenvalue weighted by Gasteiger charge is 2.12. The van der Waals surface area contributed by atoms with E-state index in [2.05, 4.69) is 25.2 Å². The second-order valence-corrected chi connectivity index (χ2v) is 8.32. The second kappa shape index (κ2) is 8.87. The molecule has 2 aromatic heterocycles. The number of hydrogen-bond donors (Lipinski definition) is 2. The summed E-state index contributed by atoms with van der Waals surface area (Å²) in [7, 11) is 0. The predicted octanol–water partition coefficient (Wildman–Crippen LogP) is 6.15. The molecular formula is C22H18ClN5O2S. The number of benzene rings is 2. The number of amides is 1. The third-order valence-electron chi connectivity index (χ3n) is 4.49. The van der Waals surface area contributed by atoms with Crippen molar-refractivity contribution in [3.05, 3.63) is 76.1 Å². The van der Waals surface area contributed by atoms with Gasteiger partial charge in [-0.2, -0.15) is 0 Å². The minimum absolute atomic E-state index is 0.171. The summed E-state index contributed by atoms with van der Waals surface area (Å²) >= 11 is 7.55. The van der Waals surface area contributed by atoms with Gasteiger partial charge in [0.1, 0.15) is 0 Å². The fourth-order valence-electron chi connectivity index (χ4n) is 3.04. The van der Waals surface area contributed by atoms with Crippen molar-refractivity contribution in [1.29, 1.82) is 0 Å². The first-order chi connectivity index (χ1) is 14.9. The monoisotopic (exact) mass is 451 g/mol. The van der Waals surface area contributed by atoms with Crippen molar-refractivity contribution in [2.45, 2.75) is 24.8 Å². The number of H-pyrrole nitrogens is 1. The number of aromatic amines is 1. The van der Waals surface area contributed by atoms with Crippen LogP contribution >= 0.6 is 23.4 Å². The maximum Gasteiger partial charge on any atom is 0.295 e. The first kappa shape index (κ1) is 21.0. The molecule has 0 fully saturated rings. The van der Waals surface area contributed by atoms with E-state index in [1.165, 1.54) is 11.8 Å². The normalized spacial score (nSPS) is 11.5. The SMILES string of the molecule is Cc1cc(C)nc(SCc2ccc(C(=O)N=Nc3c(O)[nH]c4ccc(Cl)cc34)cc2)n1. The van der Waals surface area contributed by atoms with E-state index in [0.29, 0.717) is 27.2 Å². The van der Waals surface area contributed by atoms with Gasteiger partial charge in [-0.25, -0.2) is 9.97 Å². The van der Waals surface area contributed by atoms with Crippen molar-refractivity contribution in [1.82, 2.24) is 15.0 Å². The Balaban J connectivity index is 1.45. The van der Waals surface area contributed by atoms with E-state index in [9.17, 15) is 9.90 Å². The van der Waals surface area contributed by atoms with Crippen molar-refractivity contribution >= 4 is 45.9 Å². The molecule has 2 heterocycles. The molecule has 2 aromatic carbocycles. The van der Waals surface area contributed by atoms with Crippen molar-refractivity contribution in [3.63, 3.8) is 0 Å². The van der Waals surface area contributed by atoms with Gasteiger partial charge in [0.05, 0.1) is 5.52 Å². The number of aryl methyl sites for hydroxylation is 2. The van der Waals surface area contributed by atoms with Crippen molar-refractivity contribution in [3.8, 4) is 5.88 Å². The smallest absolute Gasteiger partial charge is 0.295 e. The first-order valence-electron chi connectivity index (χ1n) is 9.39. The summed E-state index contributed by atoms with van der Waals surface area (Å²) in [5.74, 6) is 0.00507. The Labute approximate surface area is 187 Å². The van der Waals surface area contributed by atoms with Gasteiger partial charge in [0.25, 0.3) is 5.91 Å². The molecule has 0 atom stereocenters. The molecule has 0 spiro atoms. The molecule has 0 saturated carbocycles. The van der Waals surface area contributed by atoms with Crippen LogP contribution in [-0.4, -0.2) is 26.0 Å². The van der Waals surface area contributed by atoms with Gasteiger partial charge in [-0.15, -0.1) is 10.2 Å². The Hall–Kier alpha value is -3.23. The second-order valence-electron chi connectivity index (χ2n) is 6.94. The first-order valence-corrected chi connectivity index (χ1v) is 10.8. The van der Waals surface area contributed by atoms with Crippen LogP contribution < -0.4 is 0 Å². The highest BCUT2D eigenvalue weighted by molar-refractivity contribution is 7.98. The van der Waals surface area contributed by atoms with Crippen LogP contribution in [0.5, 0.6) is 5.88 Å². The van der Waals surface area contributed by atoms with Gasteiger partial charge >= 0.3 is 0 Å². The largest absolute Gasteiger partial charge is 0.493 e. The number of rotatable bonds is 5. The van der Waals surface area contributed by atoms with Gasteiger partial charge in [0.2, 0.25) is 5.88 Å². The highest BCUT2D eigenvalue weighted by Crippen LogP contribution is 2.36. The lowest BCUT2D eigenvalue weighted by Gasteiger charge is -2.04. The number of aromatic nitrogens is 3. The fourth-order valence-corrected chi connectivity index (χ4v) is 4.12. The lowest BCUT2D eigenvalue weighted by molar-refractivity contribution is 0.0995. The number of aromatic hydroxyl groups is 1. The zero-order valence-corrected chi connectivity index (χ0v) is 18.3. The number of nitrogens with zero attached hydrogens (tertiary/aromatic N) is 4. The molecule has 0 unspecified atom stereocenters. The van der Waals surface area contributed by atoms with E-state index in [4.69, 9.17) is 11.6 Å². The minimum Gasteiger partial charge on any atom is -0.493 e.